The highest BCUT2D eigenvalue weighted by atomic mass is 35.5. The molecule has 1 N–H and O–H groups in total. The molecule has 0 saturated carbocycles. The fraction of sp³-hybridized carbons (Fsp3) is 0.0667. The van der Waals surface area contributed by atoms with Crippen LogP contribution < -0.4 is 4.83 Å². The predicted molar refractivity (Wildman–Crippen MR) is 85.3 cm³/mol. The van der Waals surface area contributed by atoms with Crippen molar-refractivity contribution in [2.45, 2.75) is 11.8 Å². The first kappa shape index (κ1) is 16.2. The standard InChI is InChI=1S/C15H13ClN2O3S/c1-11-7-9-13(10-8-11)22(20,21)18-17-14(15(16)19)12-5-3-2-4-6-12/h2-10,18H,1H3/b17-14+. The largest absolute Gasteiger partial charge is 0.276 e. The normalized spacial score (nSPS) is 12.0. The molecule has 0 radical (unpaired) electrons. The van der Waals surface area contributed by atoms with Crippen LogP contribution in [0.15, 0.2) is 64.6 Å². The minimum atomic E-state index is -3.86. The maximum Gasteiger partial charge on any atom is 0.276 e. The third-order valence-electron chi connectivity index (χ3n) is 2.84. The molecular weight excluding hydrogens is 324 g/mol. The summed E-state index contributed by atoms with van der Waals surface area (Å²) in [5, 5.41) is 2.81. The summed E-state index contributed by atoms with van der Waals surface area (Å²) >= 11 is 5.47. The van der Waals surface area contributed by atoms with Crippen molar-refractivity contribution in [1.82, 2.24) is 4.83 Å². The molecule has 0 saturated heterocycles. The Balaban J connectivity index is 2.31. The van der Waals surface area contributed by atoms with Crippen molar-refractivity contribution >= 4 is 32.6 Å². The molecule has 0 aliphatic rings. The van der Waals surface area contributed by atoms with Gasteiger partial charge in [-0.3, -0.25) is 4.79 Å². The molecule has 0 fully saturated rings. The van der Waals surface area contributed by atoms with Crippen LogP contribution in [0.1, 0.15) is 11.1 Å². The third kappa shape index (κ3) is 3.93. The third-order valence-corrected chi connectivity index (χ3v) is 4.25. The van der Waals surface area contributed by atoms with Gasteiger partial charge >= 0.3 is 0 Å². The molecule has 0 amide bonds. The van der Waals surface area contributed by atoms with E-state index in [2.05, 4.69) is 5.10 Å². The number of halogens is 1. The molecule has 0 unspecified atom stereocenters. The van der Waals surface area contributed by atoms with Crippen LogP contribution in [0.4, 0.5) is 0 Å². The van der Waals surface area contributed by atoms with Crippen LogP contribution in [0.25, 0.3) is 0 Å². The van der Waals surface area contributed by atoms with Crippen molar-refractivity contribution in [2.75, 3.05) is 0 Å². The number of benzene rings is 2. The molecule has 2 aromatic rings. The van der Waals surface area contributed by atoms with E-state index in [-0.39, 0.29) is 10.6 Å². The molecule has 0 bridgehead atoms. The van der Waals surface area contributed by atoms with E-state index in [0.29, 0.717) is 5.56 Å². The summed E-state index contributed by atoms with van der Waals surface area (Å²) in [7, 11) is -3.86. The summed E-state index contributed by atoms with van der Waals surface area (Å²) in [5.41, 5.74) is 1.19. The second-order valence-electron chi connectivity index (χ2n) is 4.51. The Morgan fingerprint density at radius 2 is 1.64 bits per heavy atom. The second kappa shape index (κ2) is 6.72. The summed E-state index contributed by atoms with van der Waals surface area (Å²) < 4.78 is 24.3. The van der Waals surface area contributed by atoms with Crippen molar-refractivity contribution in [3.8, 4) is 0 Å². The lowest BCUT2D eigenvalue weighted by atomic mass is 10.1. The van der Waals surface area contributed by atoms with Crippen LogP contribution in [-0.4, -0.2) is 19.4 Å². The molecule has 0 heterocycles. The number of hydrogen-bond donors (Lipinski definition) is 1. The Morgan fingerprint density at radius 1 is 1.05 bits per heavy atom. The molecule has 0 aromatic heterocycles. The molecule has 2 aromatic carbocycles. The van der Waals surface area contributed by atoms with Gasteiger partial charge < -0.3 is 0 Å². The molecule has 0 aliphatic carbocycles. The van der Waals surface area contributed by atoms with Gasteiger partial charge in [-0.1, -0.05) is 48.0 Å². The summed E-state index contributed by atoms with van der Waals surface area (Å²) in [6.07, 6.45) is 0. The maximum atomic E-state index is 12.1. The van der Waals surface area contributed by atoms with E-state index in [4.69, 9.17) is 11.6 Å². The highest BCUT2D eigenvalue weighted by Crippen LogP contribution is 2.10. The maximum absolute atomic E-state index is 12.1. The Kier molecular flexibility index (Phi) is 4.95. The van der Waals surface area contributed by atoms with E-state index in [1.165, 1.54) is 12.1 Å². The quantitative estimate of drug-likeness (QED) is 0.517. The van der Waals surface area contributed by atoms with Gasteiger partial charge in [0.25, 0.3) is 15.3 Å². The first-order valence-electron chi connectivity index (χ1n) is 6.31. The van der Waals surface area contributed by atoms with Gasteiger partial charge in [0.1, 0.15) is 0 Å². The number of sulfonamides is 1. The van der Waals surface area contributed by atoms with Crippen molar-refractivity contribution in [1.29, 1.82) is 0 Å². The van der Waals surface area contributed by atoms with Crippen LogP contribution in [0.3, 0.4) is 0 Å². The van der Waals surface area contributed by atoms with E-state index in [9.17, 15) is 13.2 Å². The van der Waals surface area contributed by atoms with E-state index < -0.39 is 15.3 Å². The minimum Gasteiger partial charge on any atom is -0.274 e. The van der Waals surface area contributed by atoms with Crippen molar-refractivity contribution in [3.05, 3.63) is 65.7 Å². The van der Waals surface area contributed by atoms with Crippen molar-refractivity contribution in [2.24, 2.45) is 5.10 Å². The number of hydrogen-bond acceptors (Lipinski definition) is 4. The smallest absolute Gasteiger partial charge is 0.274 e. The zero-order valence-corrected chi connectivity index (χ0v) is 13.2. The molecule has 2 rings (SSSR count). The van der Waals surface area contributed by atoms with Gasteiger partial charge in [-0.05, 0) is 30.7 Å². The summed E-state index contributed by atoms with van der Waals surface area (Å²) in [6.45, 7) is 1.85. The molecular formula is C15H13ClN2O3S. The average molecular weight is 337 g/mol. The van der Waals surface area contributed by atoms with Crippen LogP contribution in [0.5, 0.6) is 0 Å². The predicted octanol–water partition coefficient (Wildman–Crippen LogP) is 2.44. The van der Waals surface area contributed by atoms with Crippen LogP contribution >= 0.6 is 11.6 Å². The number of aryl methyl sites for hydroxylation is 1. The number of hydrazone groups is 1. The molecule has 7 heteroatoms. The van der Waals surface area contributed by atoms with Gasteiger partial charge in [-0.2, -0.15) is 18.4 Å². The van der Waals surface area contributed by atoms with E-state index in [1.54, 1.807) is 42.5 Å². The molecule has 5 nitrogen and oxygen atoms in total. The number of carbonyl (C=O) groups is 1. The molecule has 114 valence electrons. The van der Waals surface area contributed by atoms with Gasteiger partial charge in [0, 0.05) is 5.56 Å². The monoisotopic (exact) mass is 336 g/mol. The lowest BCUT2D eigenvalue weighted by Gasteiger charge is -2.06. The van der Waals surface area contributed by atoms with Crippen molar-refractivity contribution < 1.29 is 13.2 Å². The van der Waals surface area contributed by atoms with Crippen LogP contribution in [-0.2, 0) is 14.8 Å². The molecule has 0 spiro atoms. The number of rotatable bonds is 5. The summed E-state index contributed by atoms with van der Waals surface area (Å²) in [5.74, 6) is 0. The topological polar surface area (TPSA) is 75.6 Å². The Bertz CT molecular complexity index is 800. The Hall–Kier alpha value is -2.18. The summed E-state index contributed by atoms with van der Waals surface area (Å²) in [4.78, 5) is 13.5. The Morgan fingerprint density at radius 3 is 2.18 bits per heavy atom. The van der Waals surface area contributed by atoms with Crippen LogP contribution in [0, 0.1) is 6.92 Å². The van der Waals surface area contributed by atoms with Gasteiger partial charge in [0.15, 0.2) is 5.71 Å². The Labute approximate surface area is 133 Å². The van der Waals surface area contributed by atoms with E-state index >= 15 is 0 Å². The number of nitrogens with zero attached hydrogens (tertiary/aromatic N) is 1. The number of carbonyl (C=O) groups excluding carboxylic acids is 1. The van der Waals surface area contributed by atoms with E-state index in [1.807, 2.05) is 11.8 Å². The summed E-state index contributed by atoms with van der Waals surface area (Å²) in [6, 6.07) is 14.6. The zero-order valence-electron chi connectivity index (χ0n) is 11.7. The SMILES string of the molecule is Cc1ccc(S(=O)(=O)N/N=C(/C(=O)Cl)c2ccccc2)cc1. The fourth-order valence-electron chi connectivity index (χ4n) is 1.69. The first-order chi connectivity index (χ1) is 10.4. The van der Waals surface area contributed by atoms with Gasteiger partial charge in [0.2, 0.25) is 0 Å². The van der Waals surface area contributed by atoms with Gasteiger partial charge in [-0.25, -0.2) is 0 Å². The van der Waals surface area contributed by atoms with Gasteiger partial charge in [0.05, 0.1) is 4.90 Å². The molecule has 22 heavy (non-hydrogen) atoms. The van der Waals surface area contributed by atoms with E-state index in [0.717, 1.165) is 5.56 Å². The highest BCUT2D eigenvalue weighted by molar-refractivity contribution is 7.89. The lowest BCUT2D eigenvalue weighted by Crippen LogP contribution is -2.22. The highest BCUT2D eigenvalue weighted by Gasteiger charge is 2.16. The fourth-order valence-corrected chi connectivity index (χ4v) is 2.66. The van der Waals surface area contributed by atoms with Crippen molar-refractivity contribution in [3.63, 3.8) is 0 Å². The second-order valence-corrected chi connectivity index (χ2v) is 6.51. The van der Waals surface area contributed by atoms with Crippen LogP contribution in [0.2, 0.25) is 0 Å². The first-order valence-corrected chi connectivity index (χ1v) is 8.18. The van der Waals surface area contributed by atoms with Gasteiger partial charge in [-0.15, -0.1) is 0 Å². The lowest BCUT2D eigenvalue weighted by molar-refractivity contribution is -0.106. The number of nitrogens with one attached hydrogen (secondary N) is 1. The zero-order chi connectivity index (χ0) is 16.2. The average Bonchev–Trinajstić information content (AvgIpc) is 2.48. The minimum absolute atomic E-state index is 0.0521. The molecule has 0 atom stereocenters. The molecule has 0 aliphatic heterocycles.